The third-order valence-electron chi connectivity index (χ3n) is 6.66. The SMILES string of the molecule is CC(=O)N[C@@H](Cc1ccccc1F)C(=O)N[C@H](Cc1ccc(OCc2ccccc2)c(OCc2ccccc2)c1)C(N)=O. The van der Waals surface area contributed by atoms with Crippen LogP contribution in [0.5, 0.6) is 11.5 Å². The molecule has 2 atom stereocenters. The summed E-state index contributed by atoms with van der Waals surface area (Å²) >= 11 is 0. The van der Waals surface area contributed by atoms with Gasteiger partial charge in [0.15, 0.2) is 11.5 Å². The van der Waals surface area contributed by atoms with Crippen LogP contribution in [0, 0.1) is 5.82 Å². The van der Waals surface area contributed by atoms with Crippen LogP contribution in [0.4, 0.5) is 4.39 Å². The molecule has 0 unspecified atom stereocenters. The van der Waals surface area contributed by atoms with Gasteiger partial charge in [0.2, 0.25) is 17.7 Å². The van der Waals surface area contributed by atoms with Gasteiger partial charge in [0.1, 0.15) is 31.1 Å². The number of carbonyl (C=O) groups is 3. The summed E-state index contributed by atoms with van der Waals surface area (Å²) in [4.78, 5) is 37.4. The van der Waals surface area contributed by atoms with Crippen LogP contribution in [-0.4, -0.2) is 29.8 Å². The van der Waals surface area contributed by atoms with Crippen LogP contribution < -0.4 is 25.8 Å². The van der Waals surface area contributed by atoms with Crippen molar-refractivity contribution in [2.24, 2.45) is 5.73 Å². The number of nitrogens with one attached hydrogen (secondary N) is 2. The summed E-state index contributed by atoms with van der Waals surface area (Å²) in [6.45, 7) is 1.87. The first kappa shape index (κ1) is 30.8. The minimum atomic E-state index is -1.12. The van der Waals surface area contributed by atoms with Crippen LogP contribution in [0.15, 0.2) is 103 Å². The summed E-state index contributed by atoms with van der Waals surface area (Å²) in [5.74, 6) is -1.43. The molecule has 3 amide bonds. The maximum Gasteiger partial charge on any atom is 0.243 e. The van der Waals surface area contributed by atoms with Gasteiger partial charge in [-0.25, -0.2) is 4.39 Å². The zero-order valence-corrected chi connectivity index (χ0v) is 23.8. The fraction of sp³-hybridized carbons (Fsp3) is 0.206. The summed E-state index contributed by atoms with van der Waals surface area (Å²) in [7, 11) is 0. The zero-order valence-electron chi connectivity index (χ0n) is 23.8. The quantitative estimate of drug-likeness (QED) is 0.205. The maximum absolute atomic E-state index is 14.3. The van der Waals surface area contributed by atoms with Crippen molar-refractivity contribution in [2.45, 2.75) is 45.1 Å². The second-order valence-corrected chi connectivity index (χ2v) is 10.0. The third kappa shape index (κ3) is 9.43. The first-order chi connectivity index (χ1) is 20.8. The van der Waals surface area contributed by atoms with E-state index in [-0.39, 0.29) is 25.0 Å². The average molecular weight is 584 g/mol. The van der Waals surface area contributed by atoms with E-state index < -0.39 is 35.6 Å². The molecule has 0 bridgehead atoms. The number of hydrogen-bond acceptors (Lipinski definition) is 5. The Morgan fingerprint density at radius 1 is 0.698 bits per heavy atom. The van der Waals surface area contributed by atoms with Gasteiger partial charge in [-0.05, 0) is 40.5 Å². The topological polar surface area (TPSA) is 120 Å². The van der Waals surface area contributed by atoms with Gasteiger partial charge in [-0.3, -0.25) is 14.4 Å². The van der Waals surface area contributed by atoms with E-state index in [1.165, 1.54) is 25.1 Å². The number of halogens is 1. The highest BCUT2D eigenvalue weighted by Gasteiger charge is 2.26. The fourth-order valence-corrected chi connectivity index (χ4v) is 4.45. The molecule has 4 rings (SSSR count). The van der Waals surface area contributed by atoms with Crippen LogP contribution in [0.1, 0.15) is 29.2 Å². The Labute approximate surface area is 250 Å². The first-order valence-electron chi connectivity index (χ1n) is 13.8. The van der Waals surface area contributed by atoms with E-state index in [2.05, 4.69) is 10.6 Å². The summed E-state index contributed by atoms with van der Waals surface area (Å²) in [5, 5.41) is 5.16. The van der Waals surface area contributed by atoms with Crippen LogP contribution >= 0.6 is 0 Å². The molecule has 0 fully saturated rings. The van der Waals surface area contributed by atoms with Crippen LogP contribution in [0.3, 0.4) is 0 Å². The lowest BCUT2D eigenvalue weighted by atomic mass is 10.0. The summed E-state index contributed by atoms with van der Waals surface area (Å²) in [6.07, 6.45) is -0.0529. The van der Waals surface area contributed by atoms with Crippen molar-refractivity contribution in [3.63, 3.8) is 0 Å². The maximum atomic E-state index is 14.3. The predicted octanol–water partition coefficient (Wildman–Crippen LogP) is 4.24. The Balaban J connectivity index is 1.51. The van der Waals surface area contributed by atoms with Gasteiger partial charge in [-0.15, -0.1) is 0 Å². The average Bonchev–Trinajstić information content (AvgIpc) is 3.00. The number of ether oxygens (including phenoxy) is 2. The number of rotatable bonds is 14. The molecule has 0 heterocycles. The van der Waals surface area contributed by atoms with Gasteiger partial charge in [0, 0.05) is 19.8 Å². The molecule has 8 nitrogen and oxygen atoms in total. The molecule has 0 radical (unpaired) electrons. The van der Waals surface area contributed by atoms with Crippen molar-refractivity contribution in [3.8, 4) is 11.5 Å². The summed E-state index contributed by atoms with van der Waals surface area (Å²) < 4.78 is 26.5. The van der Waals surface area contributed by atoms with Crippen molar-refractivity contribution in [3.05, 3.63) is 131 Å². The minimum absolute atomic E-state index is 0.0498. The van der Waals surface area contributed by atoms with E-state index in [9.17, 15) is 18.8 Å². The van der Waals surface area contributed by atoms with Crippen LogP contribution in [0.25, 0.3) is 0 Å². The second kappa shape index (κ2) is 15.2. The van der Waals surface area contributed by atoms with Crippen molar-refractivity contribution in [1.82, 2.24) is 10.6 Å². The monoisotopic (exact) mass is 583 g/mol. The molecule has 4 aromatic carbocycles. The number of nitrogens with two attached hydrogens (primary N) is 1. The van der Waals surface area contributed by atoms with E-state index in [4.69, 9.17) is 15.2 Å². The second-order valence-electron chi connectivity index (χ2n) is 10.0. The van der Waals surface area contributed by atoms with Crippen molar-refractivity contribution in [2.75, 3.05) is 0 Å². The molecular formula is C34H34FN3O5. The largest absolute Gasteiger partial charge is 0.485 e. The molecule has 4 aromatic rings. The molecule has 0 aliphatic carbocycles. The molecule has 222 valence electrons. The molecular weight excluding hydrogens is 549 g/mol. The highest BCUT2D eigenvalue weighted by atomic mass is 19.1. The molecule has 43 heavy (non-hydrogen) atoms. The number of amides is 3. The van der Waals surface area contributed by atoms with Crippen molar-refractivity contribution < 1.29 is 28.2 Å². The zero-order chi connectivity index (χ0) is 30.6. The van der Waals surface area contributed by atoms with Crippen molar-refractivity contribution >= 4 is 17.7 Å². The summed E-state index contributed by atoms with van der Waals surface area (Å²) in [6, 6.07) is 28.4. The van der Waals surface area contributed by atoms with Crippen LogP contribution in [0.2, 0.25) is 0 Å². The Kier molecular flexibility index (Phi) is 10.9. The Morgan fingerprint density at radius 2 is 1.28 bits per heavy atom. The Bertz CT molecular complexity index is 1530. The molecule has 0 spiro atoms. The number of primary amides is 1. The molecule has 0 saturated carbocycles. The number of carbonyl (C=O) groups excluding carboxylic acids is 3. The van der Waals surface area contributed by atoms with Gasteiger partial charge in [0.25, 0.3) is 0 Å². The van der Waals surface area contributed by atoms with E-state index in [1.807, 2.05) is 60.7 Å². The van der Waals surface area contributed by atoms with E-state index in [1.54, 1.807) is 24.3 Å². The third-order valence-corrected chi connectivity index (χ3v) is 6.66. The predicted molar refractivity (Wildman–Crippen MR) is 161 cm³/mol. The highest BCUT2D eigenvalue weighted by Crippen LogP contribution is 2.30. The Hall–Kier alpha value is -5.18. The van der Waals surface area contributed by atoms with E-state index in [0.717, 1.165) is 11.1 Å². The van der Waals surface area contributed by atoms with Gasteiger partial charge in [0.05, 0.1) is 0 Å². The standard InChI is InChI=1S/C34H34FN3O5/c1-23(39)37-30(20-27-14-8-9-15-28(27)35)34(41)38-29(33(36)40)18-26-16-17-31(42-21-24-10-4-2-5-11-24)32(19-26)43-22-25-12-6-3-7-13-25/h2-17,19,29-30H,18,20-22H2,1H3,(H2,36,40)(H,37,39)(H,38,41)/t29-,30+/m1/s1. The number of benzene rings is 4. The normalized spacial score (nSPS) is 12.0. The lowest BCUT2D eigenvalue weighted by Crippen LogP contribution is -2.54. The lowest BCUT2D eigenvalue weighted by Gasteiger charge is -2.22. The van der Waals surface area contributed by atoms with E-state index in [0.29, 0.717) is 23.7 Å². The van der Waals surface area contributed by atoms with Gasteiger partial charge < -0.3 is 25.8 Å². The molecule has 0 aliphatic rings. The molecule has 4 N–H and O–H groups in total. The van der Waals surface area contributed by atoms with Gasteiger partial charge in [-0.2, -0.15) is 0 Å². The fourth-order valence-electron chi connectivity index (χ4n) is 4.45. The first-order valence-corrected chi connectivity index (χ1v) is 13.8. The molecule has 0 aliphatic heterocycles. The minimum Gasteiger partial charge on any atom is -0.485 e. The van der Waals surface area contributed by atoms with Crippen molar-refractivity contribution in [1.29, 1.82) is 0 Å². The Morgan fingerprint density at radius 3 is 1.86 bits per heavy atom. The number of hydrogen-bond donors (Lipinski definition) is 3. The molecule has 0 aromatic heterocycles. The molecule has 9 heteroatoms. The van der Waals surface area contributed by atoms with Crippen LogP contribution in [-0.2, 0) is 40.4 Å². The van der Waals surface area contributed by atoms with Gasteiger partial charge in [-0.1, -0.05) is 84.9 Å². The molecule has 0 saturated heterocycles. The lowest BCUT2D eigenvalue weighted by molar-refractivity contribution is -0.130. The smallest absolute Gasteiger partial charge is 0.243 e. The van der Waals surface area contributed by atoms with E-state index >= 15 is 0 Å². The highest BCUT2D eigenvalue weighted by molar-refractivity contribution is 5.91. The summed E-state index contributed by atoms with van der Waals surface area (Å²) in [5.41, 5.74) is 8.52. The van der Waals surface area contributed by atoms with Gasteiger partial charge >= 0.3 is 0 Å².